The molecule has 2 N–H and O–H groups in total. The van der Waals surface area contributed by atoms with Gasteiger partial charge in [-0.05, 0) is 48.6 Å². The number of amides is 1. The summed E-state index contributed by atoms with van der Waals surface area (Å²) in [6.07, 6.45) is 0.319. The Morgan fingerprint density at radius 1 is 1.12 bits per heavy atom. The second kappa shape index (κ2) is 8.48. The summed E-state index contributed by atoms with van der Waals surface area (Å²) in [7, 11) is 1.31. The van der Waals surface area contributed by atoms with E-state index < -0.39 is 28.6 Å². The molecule has 0 bridgehead atoms. The molecule has 0 radical (unpaired) electrons. The number of rotatable bonds is 7. The average molecular weight is 449 g/mol. The van der Waals surface area contributed by atoms with Gasteiger partial charge in [-0.3, -0.25) is 19.8 Å². The monoisotopic (exact) mass is 448 g/mol. The number of pyridine rings is 1. The van der Waals surface area contributed by atoms with Gasteiger partial charge in [-0.25, -0.2) is 5.48 Å². The van der Waals surface area contributed by atoms with Crippen molar-refractivity contribution in [3.8, 4) is 5.75 Å². The number of hydrogen-bond acceptors (Lipinski definition) is 6. The Morgan fingerprint density at radius 2 is 1.82 bits per heavy atom. The molecule has 7 nitrogen and oxygen atoms in total. The number of fused-ring (bicyclic) bond motifs is 1. The lowest BCUT2D eigenvalue weighted by molar-refractivity contribution is -0.150. The molecule has 33 heavy (non-hydrogen) atoms. The number of carbonyl (C=O) groups is 2. The highest BCUT2D eigenvalue weighted by Crippen LogP contribution is 2.70. The molecule has 1 aromatic heterocycles. The Balaban J connectivity index is 1.51. The smallest absolute Gasteiger partial charge is 0.313 e. The van der Waals surface area contributed by atoms with Crippen molar-refractivity contribution in [3.05, 3.63) is 71.4 Å². The number of para-hydroxylation sites is 1. The SMILES string of the molecule is COC(=O)[C@]1(Cc2ccc(OCc3cc(C)nc4ccccc34)cc2)C(C(=O)NO)C1(C)C. The highest BCUT2D eigenvalue weighted by Gasteiger charge is 2.78. The summed E-state index contributed by atoms with van der Waals surface area (Å²) < 4.78 is 11.1. The van der Waals surface area contributed by atoms with E-state index in [1.54, 1.807) is 5.48 Å². The van der Waals surface area contributed by atoms with Crippen LogP contribution < -0.4 is 10.2 Å². The van der Waals surface area contributed by atoms with Gasteiger partial charge in [0.15, 0.2) is 0 Å². The molecule has 1 amide bonds. The Kier molecular flexibility index (Phi) is 5.84. The maximum Gasteiger partial charge on any atom is 0.313 e. The molecule has 1 heterocycles. The molecule has 0 saturated heterocycles. The van der Waals surface area contributed by atoms with Gasteiger partial charge in [0.25, 0.3) is 0 Å². The van der Waals surface area contributed by atoms with E-state index in [2.05, 4.69) is 4.98 Å². The first-order chi connectivity index (χ1) is 15.7. The molecule has 1 aliphatic rings. The predicted octanol–water partition coefficient (Wildman–Crippen LogP) is 3.99. The predicted molar refractivity (Wildman–Crippen MR) is 123 cm³/mol. The van der Waals surface area contributed by atoms with Crippen molar-refractivity contribution in [1.29, 1.82) is 0 Å². The summed E-state index contributed by atoms with van der Waals surface area (Å²) in [6.45, 7) is 6.04. The molecule has 1 fully saturated rings. The van der Waals surface area contributed by atoms with Gasteiger partial charge in [-0.2, -0.15) is 0 Å². The van der Waals surface area contributed by atoms with Crippen LogP contribution in [0.3, 0.4) is 0 Å². The van der Waals surface area contributed by atoms with E-state index in [4.69, 9.17) is 14.7 Å². The molecule has 2 aromatic carbocycles. The first-order valence-corrected chi connectivity index (χ1v) is 10.8. The van der Waals surface area contributed by atoms with Crippen LogP contribution >= 0.6 is 0 Å². The molecular formula is C26H28N2O5. The minimum absolute atomic E-state index is 0.319. The number of nitrogens with one attached hydrogen (secondary N) is 1. The maximum absolute atomic E-state index is 12.7. The zero-order chi connectivity index (χ0) is 23.8. The molecule has 1 aliphatic carbocycles. The summed E-state index contributed by atoms with van der Waals surface area (Å²) in [5.74, 6) is -1.02. The molecule has 2 atom stereocenters. The van der Waals surface area contributed by atoms with E-state index in [0.717, 1.165) is 27.7 Å². The lowest BCUT2D eigenvalue weighted by atomic mass is 9.88. The molecule has 1 saturated carbocycles. The van der Waals surface area contributed by atoms with Crippen molar-refractivity contribution in [3.63, 3.8) is 0 Å². The van der Waals surface area contributed by atoms with Crippen LogP contribution in [0.2, 0.25) is 0 Å². The number of nitrogens with zero attached hydrogens (tertiary/aromatic N) is 1. The van der Waals surface area contributed by atoms with Crippen LogP contribution in [0.4, 0.5) is 0 Å². The standard InChI is InChI=1S/C26H28N2O5/c1-16-13-18(20-7-5-6-8-21(20)27-16)15-33-19-11-9-17(10-12-19)14-26(24(30)32-4)22(23(29)28-31)25(26,2)3/h5-13,22,31H,14-15H2,1-4H3,(H,28,29)/t22?,26-/m0/s1. The van der Waals surface area contributed by atoms with E-state index in [9.17, 15) is 9.59 Å². The highest BCUT2D eigenvalue weighted by molar-refractivity contribution is 5.95. The number of hydrogen-bond donors (Lipinski definition) is 2. The van der Waals surface area contributed by atoms with Crippen molar-refractivity contribution < 1.29 is 24.3 Å². The summed E-state index contributed by atoms with van der Waals surface area (Å²) in [5, 5.41) is 10.2. The fourth-order valence-electron chi connectivity index (χ4n) is 5.14. The molecule has 4 rings (SSSR count). The van der Waals surface area contributed by atoms with Crippen LogP contribution in [0.5, 0.6) is 5.75 Å². The van der Waals surface area contributed by atoms with Gasteiger partial charge in [0.05, 0.1) is 24.0 Å². The molecule has 3 aromatic rings. The molecular weight excluding hydrogens is 420 g/mol. The first-order valence-electron chi connectivity index (χ1n) is 10.8. The van der Waals surface area contributed by atoms with E-state index in [1.807, 2.05) is 75.4 Å². The van der Waals surface area contributed by atoms with Gasteiger partial charge >= 0.3 is 5.97 Å². The molecule has 7 heteroatoms. The summed E-state index contributed by atoms with van der Waals surface area (Å²) >= 11 is 0. The molecule has 0 spiro atoms. The largest absolute Gasteiger partial charge is 0.489 e. The van der Waals surface area contributed by atoms with Gasteiger partial charge in [-0.1, -0.05) is 44.2 Å². The fourth-order valence-corrected chi connectivity index (χ4v) is 5.14. The van der Waals surface area contributed by atoms with E-state index in [1.165, 1.54) is 7.11 Å². The van der Waals surface area contributed by atoms with Crippen LogP contribution in [-0.4, -0.2) is 29.2 Å². The average Bonchev–Trinajstić information content (AvgIpc) is 3.31. The van der Waals surface area contributed by atoms with Crippen molar-refractivity contribution in [1.82, 2.24) is 10.5 Å². The number of carbonyl (C=O) groups excluding carboxylic acids is 2. The topological polar surface area (TPSA) is 97.8 Å². The maximum atomic E-state index is 12.7. The number of methoxy groups -OCH3 is 1. The summed E-state index contributed by atoms with van der Waals surface area (Å²) in [5.41, 5.74) is 3.81. The van der Waals surface area contributed by atoms with Crippen LogP contribution in [0.1, 0.15) is 30.7 Å². The first kappa shape index (κ1) is 22.7. The minimum Gasteiger partial charge on any atom is -0.489 e. The minimum atomic E-state index is -1.04. The Labute approximate surface area is 192 Å². The number of aromatic nitrogens is 1. The highest BCUT2D eigenvalue weighted by atomic mass is 16.5. The number of esters is 1. The van der Waals surface area contributed by atoms with Crippen molar-refractivity contribution in [2.45, 2.75) is 33.8 Å². The third kappa shape index (κ3) is 3.82. The second-order valence-electron chi connectivity index (χ2n) is 9.14. The van der Waals surface area contributed by atoms with Crippen molar-refractivity contribution >= 4 is 22.8 Å². The Bertz CT molecular complexity index is 1210. The number of ether oxygens (including phenoxy) is 2. The van der Waals surface area contributed by atoms with E-state index in [0.29, 0.717) is 18.8 Å². The summed E-state index contributed by atoms with van der Waals surface area (Å²) in [4.78, 5) is 29.5. The van der Waals surface area contributed by atoms with Gasteiger partial charge in [0.1, 0.15) is 12.4 Å². The number of aryl methyl sites for hydroxylation is 1. The Morgan fingerprint density at radius 3 is 2.48 bits per heavy atom. The Hall–Kier alpha value is -3.45. The quantitative estimate of drug-likeness (QED) is 0.322. The van der Waals surface area contributed by atoms with E-state index >= 15 is 0 Å². The zero-order valence-electron chi connectivity index (χ0n) is 19.2. The summed E-state index contributed by atoms with van der Waals surface area (Å²) in [6, 6.07) is 17.5. The van der Waals surface area contributed by atoms with Crippen molar-refractivity contribution in [2.24, 2.45) is 16.7 Å². The second-order valence-corrected chi connectivity index (χ2v) is 9.14. The number of hydroxylamine groups is 1. The molecule has 0 aliphatic heterocycles. The van der Waals surface area contributed by atoms with Crippen LogP contribution in [-0.2, 0) is 27.4 Å². The van der Waals surface area contributed by atoms with Crippen LogP contribution in [0, 0.1) is 23.7 Å². The van der Waals surface area contributed by atoms with Gasteiger partial charge in [0, 0.05) is 16.6 Å². The lowest BCUT2D eigenvalue weighted by Gasteiger charge is -2.18. The van der Waals surface area contributed by atoms with Crippen LogP contribution in [0.25, 0.3) is 10.9 Å². The number of benzene rings is 2. The molecule has 1 unspecified atom stereocenters. The van der Waals surface area contributed by atoms with E-state index in [-0.39, 0.29) is 0 Å². The zero-order valence-corrected chi connectivity index (χ0v) is 19.2. The third-order valence-corrected chi connectivity index (χ3v) is 6.93. The van der Waals surface area contributed by atoms with Crippen molar-refractivity contribution in [2.75, 3.05) is 7.11 Å². The lowest BCUT2D eigenvalue weighted by Crippen LogP contribution is -2.30. The van der Waals surface area contributed by atoms with Gasteiger partial charge in [-0.15, -0.1) is 0 Å². The van der Waals surface area contributed by atoms with Crippen LogP contribution in [0.15, 0.2) is 54.6 Å². The van der Waals surface area contributed by atoms with Gasteiger partial charge in [0.2, 0.25) is 5.91 Å². The molecule has 172 valence electrons. The normalized spacial score (nSPS) is 20.8. The van der Waals surface area contributed by atoms with Gasteiger partial charge < -0.3 is 9.47 Å². The third-order valence-electron chi connectivity index (χ3n) is 6.93. The fraction of sp³-hybridized carbons (Fsp3) is 0.346.